The second-order valence-corrected chi connectivity index (χ2v) is 5.91. The zero-order chi connectivity index (χ0) is 15.5. The lowest BCUT2D eigenvalue weighted by atomic mass is 10.1. The van der Waals surface area contributed by atoms with Gasteiger partial charge in [0.1, 0.15) is 5.82 Å². The largest absolute Gasteiger partial charge is 0.397 e. The number of hydrogen-bond acceptors (Lipinski definition) is 4. The van der Waals surface area contributed by atoms with E-state index in [9.17, 15) is 9.18 Å². The Hall–Kier alpha value is -1.66. The maximum Gasteiger partial charge on any atom is 0.225 e. The Kier molecular flexibility index (Phi) is 4.80. The molecule has 5 nitrogen and oxygen atoms in total. The summed E-state index contributed by atoms with van der Waals surface area (Å²) in [6.45, 7) is 7.06. The van der Waals surface area contributed by atoms with Crippen LogP contribution < -0.4 is 11.1 Å². The van der Waals surface area contributed by atoms with E-state index < -0.39 is 5.82 Å². The van der Waals surface area contributed by atoms with Crippen LogP contribution in [-0.4, -0.2) is 42.6 Å². The van der Waals surface area contributed by atoms with Gasteiger partial charge in [-0.1, -0.05) is 0 Å². The monoisotopic (exact) mass is 295 g/mol. The first-order valence-electron chi connectivity index (χ1n) is 7.07. The first-order valence-corrected chi connectivity index (χ1v) is 7.07. The van der Waals surface area contributed by atoms with Crippen molar-refractivity contribution in [1.82, 2.24) is 4.90 Å². The van der Waals surface area contributed by atoms with Gasteiger partial charge in [0.2, 0.25) is 5.91 Å². The Bertz CT molecular complexity index is 520. The van der Waals surface area contributed by atoms with Gasteiger partial charge in [-0.25, -0.2) is 4.39 Å². The van der Waals surface area contributed by atoms with Gasteiger partial charge in [0, 0.05) is 26.1 Å². The van der Waals surface area contributed by atoms with Crippen LogP contribution in [0, 0.1) is 5.82 Å². The molecule has 1 heterocycles. The number of ether oxygens (including phenoxy) is 1. The van der Waals surface area contributed by atoms with Crippen LogP contribution in [0.2, 0.25) is 0 Å². The Morgan fingerprint density at radius 3 is 2.95 bits per heavy atom. The average Bonchev–Trinajstić information content (AvgIpc) is 2.39. The number of nitrogen functional groups attached to an aromatic ring is 1. The topological polar surface area (TPSA) is 67.6 Å². The third-order valence-electron chi connectivity index (χ3n) is 3.45. The van der Waals surface area contributed by atoms with Crippen molar-refractivity contribution in [1.29, 1.82) is 0 Å². The maximum absolute atomic E-state index is 12.9. The Morgan fingerprint density at radius 2 is 2.29 bits per heavy atom. The molecule has 0 aliphatic carbocycles. The molecule has 0 aromatic heterocycles. The maximum atomic E-state index is 12.9. The number of anilines is 2. The summed E-state index contributed by atoms with van der Waals surface area (Å²) < 4.78 is 18.6. The number of nitrogens with one attached hydrogen (secondary N) is 1. The highest BCUT2D eigenvalue weighted by Gasteiger charge is 2.27. The van der Waals surface area contributed by atoms with E-state index >= 15 is 0 Å². The van der Waals surface area contributed by atoms with Crippen molar-refractivity contribution in [2.75, 3.05) is 37.3 Å². The van der Waals surface area contributed by atoms with Gasteiger partial charge in [-0.15, -0.1) is 0 Å². The number of benzene rings is 1. The van der Waals surface area contributed by atoms with Gasteiger partial charge >= 0.3 is 0 Å². The molecule has 1 aromatic rings. The van der Waals surface area contributed by atoms with Crippen LogP contribution in [0.3, 0.4) is 0 Å². The predicted molar refractivity (Wildman–Crippen MR) is 80.5 cm³/mol. The van der Waals surface area contributed by atoms with Crippen molar-refractivity contribution in [3.63, 3.8) is 0 Å². The fourth-order valence-electron chi connectivity index (χ4n) is 2.42. The van der Waals surface area contributed by atoms with Crippen molar-refractivity contribution >= 4 is 17.3 Å². The smallest absolute Gasteiger partial charge is 0.225 e. The van der Waals surface area contributed by atoms with Gasteiger partial charge in [0.05, 0.1) is 23.6 Å². The highest BCUT2D eigenvalue weighted by atomic mass is 19.1. The summed E-state index contributed by atoms with van der Waals surface area (Å²) in [5, 5.41) is 2.71. The second-order valence-electron chi connectivity index (χ2n) is 5.91. The van der Waals surface area contributed by atoms with Crippen LogP contribution in [0.4, 0.5) is 15.8 Å². The highest BCUT2D eigenvalue weighted by molar-refractivity contribution is 5.93. The number of nitrogens with two attached hydrogens (primary N) is 1. The molecular weight excluding hydrogens is 273 g/mol. The number of morpholine rings is 1. The minimum Gasteiger partial charge on any atom is -0.397 e. The first-order chi connectivity index (χ1) is 9.85. The molecule has 0 radical (unpaired) electrons. The van der Waals surface area contributed by atoms with E-state index in [1.807, 2.05) is 13.8 Å². The van der Waals surface area contributed by atoms with E-state index in [1.54, 1.807) is 0 Å². The first kappa shape index (κ1) is 15.7. The molecule has 1 fully saturated rings. The van der Waals surface area contributed by atoms with E-state index in [-0.39, 0.29) is 17.2 Å². The average molecular weight is 295 g/mol. The van der Waals surface area contributed by atoms with Crippen LogP contribution in [0.1, 0.15) is 20.3 Å². The lowest BCUT2D eigenvalue weighted by Crippen LogP contribution is -2.48. The molecule has 0 bridgehead atoms. The minimum atomic E-state index is -0.416. The van der Waals surface area contributed by atoms with Gasteiger partial charge in [-0.05, 0) is 32.0 Å². The van der Waals surface area contributed by atoms with Crippen molar-refractivity contribution in [2.45, 2.75) is 25.9 Å². The molecule has 1 aromatic carbocycles. The van der Waals surface area contributed by atoms with Crippen LogP contribution in [0.15, 0.2) is 18.2 Å². The molecule has 0 unspecified atom stereocenters. The van der Waals surface area contributed by atoms with Crippen LogP contribution in [0.5, 0.6) is 0 Å². The molecule has 21 heavy (non-hydrogen) atoms. The Balaban J connectivity index is 1.82. The van der Waals surface area contributed by atoms with Gasteiger partial charge in [0.15, 0.2) is 0 Å². The number of amides is 1. The second kappa shape index (κ2) is 6.41. The summed E-state index contributed by atoms with van der Waals surface area (Å²) in [7, 11) is 0. The van der Waals surface area contributed by atoms with E-state index in [0.29, 0.717) is 25.3 Å². The Morgan fingerprint density at radius 1 is 1.52 bits per heavy atom. The third-order valence-corrected chi connectivity index (χ3v) is 3.45. The van der Waals surface area contributed by atoms with E-state index in [2.05, 4.69) is 10.2 Å². The van der Waals surface area contributed by atoms with Gasteiger partial charge in [-0.2, -0.15) is 0 Å². The molecule has 1 saturated heterocycles. The summed E-state index contributed by atoms with van der Waals surface area (Å²) in [5.74, 6) is -0.543. The van der Waals surface area contributed by atoms with Crippen LogP contribution in [0.25, 0.3) is 0 Å². The minimum absolute atomic E-state index is 0.127. The number of carbonyl (C=O) groups excluding carboxylic acids is 1. The molecule has 2 rings (SSSR count). The molecule has 1 aliphatic rings. The summed E-state index contributed by atoms with van der Waals surface area (Å²) in [6, 6.07) is 3.94. The fourth-order valence-corrected chi connectivity index (χ4v) is 2.42. The van der Waals surface area contributed by atoms with Crippen molar-refractivity contribution in [3.05, 3.63) is 24.0 Å². The molecule has 116 valence electrons. The number of hydrogen-bond donors (Lipinski definition) is 2. The fraction of sp³-hybridized carbons (Fsp3) is 0.533. The molecule has 1 amide bonds. The van der Waals surface area contributed by atoms with Crippen molar-refractivity contribution < 1.29 is 13.9 Å². The summed E-state index contributed by atoms with van der Waals surface area (Å²) in [6.07, 6.45) is 0.368. The molecule has 0 spiro atoms. The molecular formula is C15H22FN3O2. The number of halogens is 1. The number of rotatable bonds is 4. The summed E-state index contributed by atoms with van der Waals surface area (Å²) in [5.41, 5.74) is 6.17. The van der Waals surface area contributed by atoms with Gasteiger partial charge < -0.3 is 15.8 Å². The van der Waals surface area contributed by atoms with Crippen molar-refractivity contribution in [2.24, 2.45) is 0 Å². The zero-order valence-corrected chi connectivity index (χ0v) is 12.5. The highest BCUT2D eigenvalue weighted by Crippen LogP contribution is 2.20. The predicted octanol–water partition coefficient (Wildman–Crippen LogP) is 1.85. The summed E-state index contributed by atoms with van der Waals surface area (Å²) >= 11 is 0. The molecule has 0 atom stereocenters. The standard InChI is InChI=1S/C15H22FN3O2/c1-15(2)10-19(7-8-21-15)6-5-14(20)18-13-4-3-11(16)9-12(13)17/h3-4,9H,5-8,10,17H2,1-2H3,(H,18,20). The molecule has 1 aliphatic heterocycles. The van der Waals surface area contributed by atoms with Gasteiger partial charge in [0.25, 0.3) is 0 Å². The molecule has 6 heteroatoms. The lowest BCUT2D eigenvalue weighted by molar-refractivity contribution is -0.118. The number of nitrogens with zero attached hydrogens (tertiary/aromatic N) is 1. The van der Waals surface area contributed by atoms with E-state index in [0.717, 1.165) is 13.1 Å². The molecule has 0 saturated carbocycles. The SMILES string of the molecule is CC1(C)CN(CCC(=O)Nc2ccc(F)cc2N)CCO1. The zero-order valence-electron chi connectivity index (χ0n) is 12.5. The number of carbonyl (C=O) groups is 1. The van der Waals surface area contributed by atoms with Gasteiger partial charge in [-0.3, -0.25) is 9.69 Å². The Labute approximate surface area is 124 Å². The quantitative estimate of drug-likeness (QED) is 0.832. The normalized spacial score (nSPS) is 18.4. The molecule has 3 N–H and O–H groups in total. The van der Waals surface area contributed by atoms with Crippen LogP contribution in [-0.2, 0) is 9.53 Å². The van der Waals surface area contributed by atoms with Crippen LogP contribution >= 0.6 is 0 Å². The third kappa shape index (κ3) is 4.68. The lowest BCUT2D eigenvalue weighted by Gasteiger charge is -2.38. The van der Waals surface area contributed by atoms with E-state index in [4.69, 9.17) is 10.5 Å². The van der Waals surface area contributed by atoms with Crippen molar-refractivity contribution in [3.8, 4) is 0 Å². The van der Waals surface area contributed by atoms with E-state index in [1.165, 1.54) is 18.2 Å². The summed E-state index contributed by atoms with van der Waals surface area (Å²) in [4.78, 5) is 14.1.